The number of rotatable bonds is 32. The van der Waals surface area contributed by atoms with Gasteiger partial charge in [0.1, 0.15) is 80.2 Å². The summed E-state index contributed by atoms with van der Waals surface area (Å²) in [6.45, 7) is -1.72. The highest BCUT2D eigenvalue weighted by atomic mass is 16.8. The number of carbonyl (C=O) groups excluding carboxylic acids is 7. The van der Waals surface area contributed by atoms with Gasteiger partial charge in [-0.15, -0.1) is 5.10 Å². The van der Waals surface area contributed by atoms with Gasteiger partial charge in [0.2, 0.25) is 41.4 Å². The normalized spacial score (nSPS) is 29.1. The van der Waals surface area contributed by atoms with E-state index in [9.17, 15) is 83.4 Å². The van der Waals surface area contributed by atoms with Gasteiger partial charge >= 0.3 is 11.4 Å². The minimum Gasteiger partial charge on any atom is -0.389 e. The van der Waals surface area contributed by atoms with Crippen molar-refractivity contribution in [3.8, 4) is 0 Å². The Bertz CT molecular complexity index is 3530. The van der Waals surface area contributed by atoms with Crippen molar-refractivity contribution in [1.82, 2.24) is 64.7 Å². The van der Waals surface area contributed by atoms with Crippen molar-refractivity contribution in [2.24, 2.45) is 40.1 Å². The van der Waals surface area contributed by atoms with E-state index in [1.54, 1.807) is 0 Å². The maximum absolute atomic E-state index is 14.3. The number of primary amides is 1. The third-order valence-electron chi connectivity index (χ3n) is 17.0. The summed E-state index contributed by atoms with van der Waals surface area (Å²) >= 11 is 0. The summed E-state index contributed by atoms with van der Waals surface area (Å²) in [6, 6.07) is -4.85. The smallest absolute Gasteiger partial charge is 0.328 e. The van der Waals surface area contributed by atoms with E-state index < -0.39 is 213 Å². The predicted octanol–water partition coefficient (Wildman–Crippen LogP) is -14.6. The molecule has 3 saturated heterocycles. The molecule has 1 aliphatic carbocycles. The highest BCUT2D eigenvalue weighted by Crippen LogP contribution is 2.35. The summed E-state index contributed by atoms with van der Waals surface area (Å²) in [7, 11) is 0. The lowest BCUT2D eigenvalue weighted by atomic mass is 9.84. The number of H-pyrrole nitrogens is 2. The zero-order chi connectivity index (χ0) is 72.9. The van der Waals surface area contributed by atoms with E-state index in [0.29, 0.717) is 0 Å². The first kappa shape index (κ1) is 78.4. The van der Waals surface area contributed by atoms with Gasteiger partial charge in [-0.25, -0.2) is 14.3 Å². The lowest BCUT2D eigenvalue weighted by Gasteiger charge is -2.47. The monoisotopic (exact) mass is 1410 g/mol. The molecule has 43 heteroatoms. The molecule has 4 fully saturated rings. The highest BCUT2D eigenvalue weighted by Gasteiger charge is 2.55. The summed E-state index contributed by atoms with van der Waals surface area (Å²) in [6.07, 6.45) is -19.4. The Hall–Kier alpha value is -7.93. The molecule has 1 saturated carbocycles. The molecule has 0 bridgehead atoms. The van der Waals surface area contributed by atoms with Gasteiger partial charge in [0.15, 0.2) is 18.9 Å². The molecule has 4 aliphatic rings. The number of aryl methyl sites for hydroxylation is 3. The van der Waals surface area contributed by atoms with Crippen LogP contribution in [0.4, 0.5) is 0 Å². The van der Waals surface area contributed by atoms with E-state index in [2.05, 4.69) is 36.2 Å². The Labute approximate surface area is 562 Å². The fourth-order valence-electron chi connectivity index (χ4n) is 11.4. The van der Waals surface area contributed by atoms with Crippen LogP contribution in [0.2, 0.25) is 0 Å². The van der Waals surface area contributed by atoms with Crippen LogP contribution in [0.1, 0.15) is 36.6 Å². The standard InChI is InChI=1S/C56H90N20O23/c1-24-15-74(55(92)67-50(24)90)22-37(82)71(19-33(61)78)10-7-65-34(79)20-72(11-8-66-35(80)21-73(9-6-64-26(3)77)38(83)23-75-16-25(2)51(91)68-56(75)93)36(81)5-4-27-17-76(70-69-27)18-32-48(98-53-40(63)45(88)43(86)31(14-58)95-53)46(89)54(96-32)99-49-41(84)28(59)12-29(60)47(49)97-52-39(62)44(87)42(85)30(13-57)94-52/h15-17,28-32,39-49,52-54,84-89H,4-14,18-23,57-60,62-63H2,1-3H3,(H2,61,78)(H,64,77)(H,65,79)(H,66,80)(H,67,90,92)(H,68,91,93)/t28-,29+,30-,31+,32-,39-,40-,41+,42-,43-,44-,45-,46-,47-,48-,49-,52-,53-,54+/m1/s1. The highest BCUT2D eigenvalue weighted by molar-refractivity contribution is 5.86. The second-order valence-corrected chi connectivity index (χ2v) is 24.5. The lowest BCUT2D eigenvalue weighted by molar-refractivity contribution is -0.306. The van der Waals surface area contributed by atoms with Gasteiger partial charge in [0.25, 0.3) is 11.1 Å². The van der Waals surface area contributed by atoms with E-state index in [4.69, 9.17) is 68.6 Å². The van der Waals surface area contributed by atoms with E-state index in [1.807, 2.05) is 0 Å². The molecule has 43 nitrogen and oxygen atoms in total. The number of nitrogens with zero attached hydrogens (tertiary/aromatic N) is 8. The van der Waals surface area contributed by atoms with E-state index in [0.717, 1.165) is 36.2 Å². The number of nitrogens with two attached hydrogens (primary N) is 7. The number of aromatic nitrogens is 7. The third-order valence-corrected chi connectivity index (χ3v) is 17.0. The molecule has 99 heavy (non-hydrogen) atoms. The summed E-state index contributed by atoms with van der Waals surface area (Å²) in [5, 5.41) is 82.4. The SMILES string of the molecule is CC(=O)NCCN(CC(=O)NCCN(CC(=O)NCCN(CC(N)=O)C(=O)Cn1cc(C)c(=O)[nH]c1=O)C(=O)CCc1cn(C[C@H]2O[C@@H](O[C@@H]3[C@@H](O)[C@H](N)C[C@H](N)[C@H]3O[C@H]3O[C@H](CN)[C@@H](O)[C@H](O)[C@H]3N)[C@H](O)[C@@H]2O[C@H]2O[C@@H](CN)[C@@H](O)[C@H](O)[C@H]2N)nn1)C(=O)Cn1cc(C)c(=O)[nH]c1=O. The number of ether oxygens (including phenoxy) is 6. The zero-order valence-corrected chi connectivity index (χ0v) is 54.5. The van der Waals surface area contributed by atoms with Crippen LogP contribution in [0.5, 0.6) is 0 Å². The summed E-state index contributed by atoms with van der Waals surface area (Å²) in [5.74, 6) is -5.23. The topological polar surface area (TPSA) is 665 Å². The van der Waals surface area contributed by atoms with Crippen molar-refractivity contribution in [3.63, 3.8) is 0 Å². The van der Waals surface area contributed by atoms with Crippen molar-refractivity contribution in [1.29, 1.82) is 0 Å². The van der Waals surface area contributed by atoms with Gasteiger partial charge in [0, 0.05) is 114 Å². The fraction of sp³-hybridized carbons (Fsp3) is 0.696. The van der Waals surface area contributed by atoms with Gasteiger partial charge in [-0.3, -0.25) is 62.3 Å². The molecule has 19 atom stereocenters. The summed E-state index contributed by atoms with van der Waals surface area (Å²) < 4.78 is 39.7. The molecule has 6 heterocycles. The second-order valence-electron chi connectivity index (χ2n) is 24.5. The van der Waals surface area contributed by atoms with Gasteiger partial charge in [-0.05, 0) is 20.3 Å². The van der Waals surface area contributed by atoms with E-state index >= 15 is 0 Å². The largest absolute Gasteiger partial charge is 0.389 e. The number of aliphatic hydroxyl groups is 6. The number of amides is 7. The number of aliphatic hydroxyl groups excluding tert-OH is 6. The maximum Gasteiger partial charge on any atom is 0.328 e. The van der Waals surface area contributed by atoms with Gasteiger partial charge in [-0.2, -0.15) is 0 Å². The molecule has 3 aliphatic heterocycles. The Morgan fingerprint density at radius 1 is 0.586 bits per heavy atom. The fourth-order valence-corrected chi connectivity index (χ4v) is 11.4. The van der Waals surface area contributed by atoms with Crippen molar-refractivity contribution >= 4 is 41.4 Å². The Morgan fingerprint density at radius 3 is 1.53 bits per heavy atom. The van der Waals surface area contributed by atoms with Crippen molar-refractivity contribution in [3.05, 3.63) is 77.1 Å². The molecular formula is C56H90N20O23. The molecule has 7 amide bonds. The molecule has 552 valence electrons. The first-order valence-corrected chi connectivity index (χ1v) is 31.6. The molecule has 0 radical (unpaired) electrons. The minimum atomic E-state index is -1.82. The molecule has 0 unspecified atom stereocenters. The van der Waals surface area contributed by atoms with Crippen LogP contribution in [0.3, 0.4) is 0 Å². The minimum absolute atomic E-state index is 0.0392. The second kappa shape index (κ2) is 35.4. The summed E-state index contributed by atoms with van der Waals surface area (Å²) in [5.41, 5.74) is 39.6. The Kier molecular flexibility index (Phi) is 28.0. The van der Waals surface area contributed by atoms with Crippen molar-refractivity contribution in [2.75, 3.05) is 72.0 Å². The molecular weight excluding hydrogens is 1320 g/mol. The predicted molar refractivity (Wildman–Crippen MR) is 335 cm³/mol. The van der Waals surface area contributed by atoms with Crippen molar-refractivity contribution in [2.45, 2.75) is 176 Å². The average molecular weight is 1410 g/mol. The van der Waals surface area contributed by atoms with Gasteiger partial charge in [0.05, 0.1) is 50.1 Å². The quantitative estimate of drug-likeness (QED) is 0.0276. The van der Waals surface area contributed by atoms with Crippen LogP contribution >= 0.6 is 0 Å². The van der Waals surface area contributed by atoms with Crippen LogP contribution in [0, 0.1) is 13.8 Å². The first-order valence-electron chi connectivity index (χ1n) is 31.6. The molecule has 25 N–H and O–H groups in total. The average Bonchev–Trinajstić information content (AvgIpc) is 1.73. The maximum atomic E-state index is 14.3. The van der Waals surface area contributed by atoms with Gasteiger partial charge < -0.3 is 130 Å². The molecule has 7 rings (SSSR count). The number of hydrogen-bond donors (Lipinski definition) is 18. The van der Waals surface area contributed by atoms with Crippen LogP contribution in [-0.2, 0) is 88.0 Å². The molecule has 3 aromatic rings. The van der Waals surface area contributed by atoms with Crippen molar-refractivity contribution < 1.29 is 92.6 Å². The van der Waals surface area contributed by atoms with E-state index in [1.165, 1.54) is 31.6 Å². The molecule has 3 aromatic heterocycles. The van der Waals surface area contributed by atoms with Crippen LogP contribution in [0.25, 0.3) is 0 Å². The third kappa shape index (κ3) is 20.6. The Balaban J connectivity index is 1.07. The Morgan fingerprint density at radius 2 is 1.04 bits per heavy atom. The van der Waals surface area contributed by atoms with Crippen LogP contribution < -0.4 is 78.6 Å². The summed E-state index contributed by atoms with van der Waals surface area (Å²) in [4.78, 5) is 148. The first-order chi connectivity index (χ1) is 46.8. The lowest BCUT2D eigenvalue weighted by Crippen LogP contribution is -2.68. The van der Waals surface area contributed by atoms with Crippen LogP contribution in [0.15, 0.2) is 37.8 Å². The molecule has 0 aromatic carbocycles. The van der Waals surface area contributed by atoms with E-state index in [-0.39, 0.29) is 95.0 Å². The number of aromatic amines is 2. The van der Waals surface area contributed by atoms with Crippen LogP contribution in [-0.4, -0.2) is 309 Å². The van der Waals surface area contributed by atoms with Gasteiger partial charge in [-0.1, -0.05) is 5.21 Å². The number of carbonyl (C=O) groups is 7. The number of hydrogen-bond acceptors (Lipinski definition) is 31. The molecule has 0 spiro atoms. The number of nitrogens with one attached hydrogen (secondary N) is 5. The zero-order valence-electron chi connectivity index (χ0n) is 54.5.